The van der Waals surface area contributed by atoms with Crippen LogP contribution in [0.5, 0.6) is 0 Å². The van der Waals surface area contributed by atoms with Crippen molar-refractivity contribution in [3.63, 3.8) is 0 Å². The molecular formula is C25H23FN2O5S. The Bertz CT molecular complexity index is 1430. The van der Waals surface area contributed by atoms with E-state index in [1.54, 1.807) is 31.2 Å². The summed E-state index contributed by atoms with van der Waals surface area (Å²) < 4.78 is 41.4. The van der Waals surface area contributed by atoms with E-state index < -0.39 is 38.3 Å². The molecule has 9 heteroatoms. The molecule has 1 unspecified atom stereocenters. The Morgan fingerprint density at radius 3 is 2.47 bits per heavy atom. The molecule has 2 aliphatic rings. The predicted octanol–water partition coefficient (Wildman–Crippen LogP) is 2.76. The molecule has 2 fully saturated rings. The van der Waals surface area contributed by atoms with Gasteiger partial charge >= 0.3 is 5.97 Å². The molecule has 0 bridgehead atoms. The van der Waals surface area contributed by atoms with Crippen LogP contribution in [0.3, 0.4) is 0 Å². The Morgan fingerprint density at radius 2 is 1.85 bits per heavy atom. The summed E-state index contributed by atoms with van der Waals surface area (Å²) in [6, 6.07) is 13.6. The van der Waals surface area contributed by atoms with Crippen molar-refractivity contribution >= 4 is 32.5 Å². The SMILES string of the molecule is Cc1c(CC(=O)O)cc2ccc(F)cc2c1C(=O)N1CC2(CNC2)C1S(=O)(=O)c1ccccc1. The van der Waals surface area contributed by atoms with Crippen molar-refractivity contribution < 1.29 is 27.5 Å². The summed E-state index contributed by atoms with van der Waals surface area (Å²) in [5, 5.41) is 12.3. The number of hydrogen-bond donors (Lipinski definition) is 2. The highest BCUT2D eigenvalue weighted by Crippen LogP contribution is 2.47. The second-order valence-corrected chi connectivity index (χ2v) is 11.1. The van der Waals surface area contributed by atoms with Crippen molar-refractivity contribution in [1.29, 1.82) is 0 Å². The first-order chi connectivity index (χ1) is 16.1. The molecule has 2 heterocycles. The fraction of sp³-hybridized carbons (Fsp3) is 0.280. The Hall–Kier alpha value is -3.30. The average molecular weight is 483 g/mol. The highest BCUT2D eigenvalue weighted by atomic mass is 32.2. The molecule has 1 atom stereocenters. The fourth-order valence-electron chi connectivity index (χ4n) is 5.16. The number of hydrogen-bond acceptors (Lipinski definition) is 5. The molecule has 0 aliphatic carbocycles. The summed E-state index contributed by atoms with van der Waals surface area (Å²) >= 11 is 0. The molecule has 34 heavy (non-hydrogen) atoms. The zero-order valence-corrected chi connectivity index (χ0v) is 19.2. The van der Waals surface area contributed by atoms with Gasteiger partial charge in [0.15, 0.2) is 9.84 Å². The number of halogens is 1. The summed E-state index contributed by atoms with van der Waals surface area (Å²) in [6.45, 7) is 2.81. The van der Waals surface area contributed by atoms with Gasteiger partial charge in [0.2, 0.25) is 0 Å². The second kappa shape index (κ2) is 7.89. The van der Waals surface area contributed by atoms with E-state index in [-0.39, 0.29) is 23.4 Å². The van der Waals surface area contributed by atoms with Crippen molar-refractivity contribution in [1.82, 2.24) is 10.2 Å². The summed E-state index contributed by atoms with van der Waals surface area (Å²) in [7, 11) is -3.88. The first-order valence-corrected chi connectivity index (χ1v) is 12.4. The number of likely N-dealkylation sites (tertiary alicyclic amines) is 1. The van der Waals surface area contributed by atoms with Gasteiger partial charge in [-0.15, -0.1) is 0 Å². The van der Waals surface area contributed by atoms with Gasteiger partial charge in [0.25, 0.3) is 5.91 Å². The first-order valence-electron chi connectivity index (χ1n) is 10.9. The second-order valence-electron chi connectivity index (χ2n) is 9.08. The number of benzene rings is 3. The lowest BCUT2D eigenvalue weighted by molar-refractivity contribution is -0.136. The van der Waals surface area contributed by atoms with Crippen molar-refractivity contribution in [3.05, 3.63) is 77.1 Å². The molecule has 2 aliphatic heterocycles. The van der Waals surface area contributed by atoms with E-state index in [0.29, 0.717) is 35.0 Å². The van der Waals surface area contributed by atoms with Gasteiger partial charge in [0.1, 0.15) is 11.2 Å². The number of nitrogens with zero attached hydrogens (tertiary/aromatic N) is 1. The Kier molecular flexibility index (Phi) is 5.22. The molecule has 0 radical (unpaired) electrons. The number of carboxylic acid groups (broad SMARTS) is 1. The summed E-state index contributed by atoms with van der Waals surface area (Å²) in [4.78, 5) is 26.8. The molecule has 2 saturated heterocycles. The Balaban J connectivity index is 1.64. The highest BCUT2D eigenvalue weighted by molar-refractivity contribution is 7.92. The van der Waals surface area contributed by atoms with E-state index in [4.69, 9.17) is 0 Å². The van der Waals surface area contributed by atoms with E-state index in [1.165, 1.54) is 35.2 Å². The van der Waals surface area contributed by atoms with Crippen LogP contribution in [0.25, 0.3) is 10.8 Å². The molecule has 176 valence electrons. The molecule has 1 amide bonds. The van der Waals surface area contributed by atoms with Crippen LogP contribution in [-0.4, -0.2) is 55.3 Å². The summed E-state index contributed by atoms with van der Waals surface area (Å²) in [6.07, 6.45) is -0.307. The molecule has 5 rings (SSSR count). The molecule has 7 nitrogen and oxygen atoms in total. The van der Waals surface area contributed by atoms with Gasteiger partial charge < -0.3 is 15.3 Å². The van der Waals surface area contributed by atoms with Crippen LogP contribution < -0.4 is 5.32 Å². The van der Waals surface area contributed by atoms with Gasteiger partial charge in [-0.2, -0.15) is 0 Å². The van der Waals surface area contributed by atoms with Crippen molar-refractivity contribution in [2.45, 2.75) is 23.6 Å². The number of carboxylic acids is 1. The first kappa shape index (κ1) is 22.5. The maximum absolute atomic E-state index is 14.2. The number of amides is 1. The normalized spacial score (nSPS) is 19.0. The molecule has 1 spiro atoms. The average Bonchev–Trinajstić information content (AvgIpc) is 2.73. The van der Waals surface area contributed by atoms with E-state index >= 15 is 0 Å². The van der Waals surface area contributed by atoms with Crippen LogP contribution in [0, 0.1) is 18.2 Å². The lowest BCUT2D eigenvalue weighted by Crippen LogP contribution is -2.79. The van der Waals surface area contributed by atoms with E-state index in [2.05, 4.69) is 5.32 Å². The summed E-state index contributed by atoms with van der Waals surface area (Å²) in [5.41, 5.74) is 0.397. The van der Waals surface area contributed by atoms with Gasteiger partial charge in [-0.05, 0) is 53.1 Å². The minimum absolute atomic E-state index is 0.135. The Labute approximate surface area is 196 Å². The third-order valence-corrected chi connectivity index (χ3v) is 9.17. The van der Waals surface area contributed by atoms with E-state index in [1.807, 2.05) is 0 Å². The van der Waals surface area contributed by atoms with E-state index in [9.17, 15) is 27.5 Å². The molecule has 0 aromatic heterocycles. The molecule has 0 saturated carbocycles. The number of nitrogens with one attached hydrogen (secondary N) is 1. The minimum Gasteiger partial charge on any atom is -0.481 e. The number of aliphatic carboxylic acids is 1. The van der Waals surface area contributed by atoms with Crippen LogP contribution in [0.15, 0.2) is 59.5 Å². The van der Waals surface area contributed by atoms with Crippen LogP contribution in [-0.2, 0) is 21.1 Å². The zero-order chi connectivity index (χ0) is 24.3. The van der Waals surface area contributed by atoms with Crippen molar-refractivity contribution in [3.8, 4) is 0 Å². The lowest BCUT2D eigenvalue weighted by atomic mass is 9.73. The third-order valence-electron chi connectivity index (χ3n) is 6.90. The highest BCUT2D eigenvalue weighted by Gasteiger charge is 2.63. The summed E-state index contributed by atoms with van der Waals surface area (Å²) in [5.74, 6) is -2.14. The fourth-order valence-corrected chi connectivity index (χ4v) is 7.36. The Morgan fingerprint density at radius 1 is 1.15 bits per heavy atom. The molecule has 2 N–H and O–H groups in total. The minimum atomic E-state index is -3.88. The topological polar surface area (TPSA) is 104 Å². The largest absolute Gasteiger partial charge is 0.481 e. The maximum atomic E-state index is 14.2. The molecule has 3 aromatic rings. The van der Waals surface area contributed by atoms with Crippen molar-refractivity contribution in [2.24, 2.45) is 5.41 Å². The number of carbonyl (C=O) groups excluding carboxylic acids is 1. The molecule has 3 aromatic carbocycles. The maximum Gasteiger partial charge on any atom is 0.307 e. The number of fused-ring (bicyclic) bond motifs is 1. The predicted molar refractivity (Wildman–Crippen MR) is 124 cm³/mol. The number of rotatable bonds is 5. The number of sulfone groups is 1. The monoisotopic (exact) mass is 482 g/mol. The number of carbonyl (C=O) groups is 2. The van der Waals surface area contributed by atoms with E-state index in [0.717, 1.165) is 0 Å². The van der Waals surface area contributed by atoms with Gasteiger partial charge in [-0.25, -0.2) is 12.8 Å². The van der Waals surface area contributed by atoms with Gasteiger partial charge in [-0.1, -0.05) is 30.3 Å². The zero-order valence-electron chi connectivity index (χ0n) is 18.4. The van der Waals surface area contributed by atoms with Gasteiger partial charge in [0, 0.05) is 25.0 Å². The van der Waals surface area contributed by atoms with Crippen LogP contribution in [0.4, 0.5) is 4.39 Å². The van der Waals surface area contributed by atoms with Crippen LogP contribution in [0.1, 0.15) is 21.5 Å². The van der Waals surface area contributed by atoms with Crippen molar-refractivity contribution in [2.75, 3.05) is 19.6 Å². The lowest BCUT2D eigenvalue weighted by Gasteiger charge is -2.61. The third kappa shape index (κ3) is 3.38. The van der Waals surface area contributed by atoms with Crippen LogP contribution >= 0.6 is 0 Å². The standard InChI is InChI=1S/C25H23FN2O5S/c1-15-17(10-21(29)30)9-16-7-8-18(26)11-20(16)22(15)23(31)28-14-25(12-27-13-25)24(28)34(32,33)19-5-3-2-4-6-19/h2-9,11,24,27H,10,12-14H2,1H3,(H,29,30). The smallest absolute Gasteiger partial charge is 0.307 e. The molecular weight excluding hydrogens is 459 g/mol. The van der Waals surface area contributed by atoms with Gasteiger partial charge in [0.05, 0.1) is 16.9 Å². The quantitative estimate of drug-likeness (QED) is 0.580. The van der Waals surface area contributed by atoms with Crippen LogP contribution in [0.2, 0.25) is 0 Å². The van der Waals surface area contributed by atoms with Gasteiger partial charge in [-0.3, -0.25) is 9.59 Å².